The Morgan fingerprint density at radius 1 is 1.16 bits per heavy atom. The summed E-state index contributed by atoms with van der Waals surface area (Å²) in [5, 5.41) is 14.8. The summed E-state index contributed by atoms with van der Waals surface area (Å²) >= 11 is 4.77. The van der Waals surface area contributed by atoms with Gasteiger partial charge < -0.3 is 10.4 Å². The second-order valence-electron chi connectivity index (χ2n) is 6.76. The van der Waals surface area contributed by atoms with Gasteiger partial charge in [-0.1, -0.05) is 28.1 Å². The third-order valence-corrected chi connectivity index (χ3v) is 6.66. The van der Waals surface area contributed by atoms with E-state index in [0.29, 0.717) is 5.13 Å². The molecule has 1 aromatic carbocycles. The number of aromatic nitrogens is 1. The number of rotatable bonds is 4. The van der Waals surface area contributed by atoms with Gasteiger partial charge in [0.05, 0.1) is 17.5 Å². The second-order valence-corrected chi connectivity index (χ2v) is 8.53. The average Bonchev–Trinajstić information content (AvgIpc) is 3.30. The second kappa shape index (κ2) is 6.53. The standard InChI is InChI=1S/C18H17BrN2O3S/c19-12-5-3-9(4-6-12)13-8-25-18(20-13)21-16(22)14-10-1-2-11(7-10)15(14)17(23)24/h3-6,8,10-11,14-15H,1-2,7H2,(H,23,24)(H,20,21,22)/t10-,11-,14+,15-/m0/s1. The Morgan fingerprint density at radius 3 is 2.52 bits per heavy atom. The van der Waals surface area contributed by atoms with Gasteiger partial charge in [-0.05, 0) is 43.2 Å². The summed E-state index contributed by atoms with van der Waals surface area (Å²) in [7, 11) is 0. The highest BCUT2D eigenvalue weighted by atomic mass is 79.9. The number of halogens is 1. The van der Waals surface area contributed by atoms with Crippen LogP contribution < -0.4 is 5.32 Å². The highest BCUT2D eigenvalue weighted by molar-refractivity contribution is 9.10. The van der Waals surface area contributed by atoms with Crippen LogP contribution in [0.4, 0.5) is 5.13 Å². The van der Waals surface area contributed by atoms with Crippen LogP contribution in [0.5, 0.6) is 0 Å². The average molecular weight is 421 g/mol. The molecule has 0 radical (unpaired) electrons. The first-order valence-corrected chi connectivity index (χ1v) is 9.95. The van der Waals surface area contributed by atoms with E-state index in [2.05, 4.69) is 26.2 Å². The third-order valence-electron chi connectivity index (χ3n) is 5.38. The first-order valence-electron chi connectivity index (χ1n) is 8.28. The number of carboxylic acid groups (broad SMARTS) is 1. The predicted octanol–water partition coefficient (Wildman–Crippen LogP) is 4.26. The quantitative estimate of drug-likeness (QED) is 0.774. The van der Waals surface area contributed by atoms with Crippen molar-refractivity contribution < 1.29 is 14.7 Å². The van der Waals surface area contributed by atoms with Crippen molar-refractivity contribution in [2.24, 2.45) is 23.7 Å². The maximum absolute atomic E-state index is 12.7. The SMILES string of the molecule is O=C(Nc1nc(-c2ccc(Br)cc2)cs1)[C@@H]1[C@H]2CC[C@@H](C2)[C@@H]1C(=O)O. The molecule has 5 nitrogen and oxygen atoms in total. The summed E-state index contributed by atoms with van der Waals surface area (Å²) in [6.07, 6.45) is 2.74. The molecule has 2 aliphatic rings. The number of hydrogen-bond acceptors (Lipinski definition) is 4. The Hall–Kier alpha value is -1.73. The van der Waals surface area contributed by atoms with Gasteiger partial charge >= 0.3 is 5.97 Å². The zero-order chi connectivity index (χ0) is 17.6. The number of carbonyl (C=O) groups excluding carboxylic acids is 1. The highest BCUT2D eigenvalue weighted by Gasteiger charge is 2.54. The van der Waals surface area contributed by atoms with E-state index in [1.165, 1.54) is 11.3 Å². The van der Waals surface area contributed by atoms with Crippen molar-refractivity contribution in [3.8, 4) is 11.3 Å². The number of anilines is 1. The first kappa shape index (κ1) is 16.7. The van der Waals surface area contributed by atoms with Gasteiger partial charge in [-0.15, -0.1) is 11.3 Å². The molecule has 130 valence electrons. The highest BCUT2D eigenvalue weighted by Crippen LogP contribution is 2.52. The Balaban J connectivity index is 1.50. The molecular weight excluding hydrogens is 404 g/mol. The zero-order valence-electron chi connectivity index (χ0n) is 13.3. The molecule has 0 saturated heterocycles. The largest absolute Gasteiger partial charge is 0.481 e. The number of carbonyl (C=O) groups is 2. The van der Waals surface area contributed by atoms with Crippen molar-refractivity contribution >= 4 is 44.3 Å². The molecule has 2 aliphatic carbocycles. The van der Waals surface area contributed by atoms with Crippen LogP contribution in [0.25, 0.3) is 11.3 Å². The molecule has 25 heavy (non-hydrogen) atoms. The zero-order valence-corrected chi connectivity index (χ0v) is 15.7. The molecular formula is C18H17BrN2O3S. The topological polar surface area (TPSA) is 79.3 Å². The fourth-order valence-electron chi connectivity index (χ4n) is 4.30. The van der Waals surface area contributed by atoms with E-state index in [0.717, 1.165) is 35.0 Å². The lowest BCUT2D eigenvalue weighted by molar-refractivity contribution is -0.148. The number of hydrogen-bond donors (Lipinski definition) is 2. The minimum Gasteiger partial charge on any atom is -0.481 e. The number of benzene rings is 1. The van der Waals surface area contributed by atoms with Crippen molar-refractivity contribution in [2.75, 3.05) is 5.32 Å². The summed E-state index contributed by atoms with van der Waals surface area (Å²) in [5.74, 6) is -1.69. The number of aliphatic carboxylic acids is 1. The fraction of sp³-hybridized carbons (Fsp3) is 0.389. The smallest absolute Gasteiger partial charge is 0.307 e. The lowest BCUT2D eigenvalue weighted by Gasteiger charge is -2.26. The Kier molecular flexibility index (Phi) is 4.37. The molecule has 0 unspecified atom stereocenters. The summed E-state index contributed by atoms with van der Waals surface area (Å²) in [6, 6.07) is 7.81. The Morgan fingerprint density at radius 2 is 1.84 bits per heavy atom. The minimum absolute atomic E-state index is 0.146. The molecule has 4 rings (SSSR count). The van der Waals surface area contributed by atoms with Crippen LogP contribution in [-0.2, 0) is 9.59 Å². The van der Waals surface area contributed by atoms with Gasteiger partial charge in [-0.2, -0.15) is 0 Å². The summed E-state index contributed by atoms with van der Waals surface area (Å²) in [5.41, 5.74) is 1.78. The molecule has 0 aliphatic heterocycles. The summed E-state index contributed by atoms with van der Waals surface area (Å²) in [4.78, 5) is 28.8. The van der Waals surface area contributed by atoms with E-state index in [1.54, 1.807) is 0 Å². The molecule has 1 amide bonds. The Bertz CT molecular complexity index is 820. The molecule has 2 bridgehead atoms. The molecule has 4 atom stereocenters. The van der Waals surface area contributed by atoms with Crippen molar-refractivity contribution in [3.05, 3.63) is 34.1 Å². The van der Waals surface area contributed by atoms with Crippen LogP contribution in [0.2, 0.25) is 0 Å². The van der Waals surface area contributed by atoms with E-state index in [1.807, 2.05) is 29.6 Å². The van der Waals surface area contributed by atoms with Crippen LogP contribution in [0.3, 0.4) is 0 Å². The van der Waals surface area contributed by atoms with Crippen LogP contribution in [0, 0.1) is 23.7 Å². The number of fused-ring (bicyclic) bond motifs is 2. The number of nitrogens with zero attached hydrogens (tertiary/aromatic N) is 1. The van der Waals surface area contributed by atoms with E-state index in [-0.39, 0.29) is 17.7 Å². The molecule has 0 spiro atoms. The normalized spacial score (nSPS) is 27.4. The predicted molar refractivity (Wildman–Crippen MR) is 99.3 cm³/mol. The molecule has 2 aromatic rings. The van der Waals surface area contributed by atoms with E-state index >= 15 is 0 Å². The molecule has 1 heterocycles. The fourth-order valence-corrected chi connectivity index (χ4v) is 5.28. The van der Waals surface area contributed by atoms with E-state index < -0.39 is 17.8 Å². The maximum Gasteiger partial charge on any atom is 0.307 e. The van der Waals surface area contributed by atoms with Crippen molar-refractivity contribution in [3.63, 3.8) is 0 Å². The van der Waals surface area contributed by atoms with Gasteiger partial charge in [0.15, 0.2) is 5.13 Å². The van der Waals surface area contributed by atoms with Gasteiger partial charge in [-0.25, -0.2) is 4.98 Å². The molecule has 7 heteroatoms. The van der Waals surface area contributed by atoms with Crippen molar-refractivity contribution in [1.29, 1.82) is 0 Å². The number of carboxylic acids is 1. The maximum atomic E-state index is 12.7. The summed E-state index contributed by atoms with van der Waals surface area (Å²) in [6.45, 7) is 0. The Labute approximate surface area is 157 Å². The molecule has 2 saturated carbocycles. The van der Waals surface area contributed by atoms with Gasteiger partial charge in [0, 0.05) is 15.4 Å². The lowest BCUT2D eigenvalue weighted by atomic mass is 9.79. The van der Waals surface area contributed by atoms with E-state index in [9.17, 15) is 14.7 Å². The van der Waals surface area contributed by atoms with Crippen molar-refractivity contribution in [1.82, 2.24) is 4.98 Å². The monoisotopic (exact) mass is 420 g/mol. The molecule has 2 N–H and O–H groups in total. The third kappa shape index (κ3) is 3.11. The van der Waals surface area contributed by atoms with Gasteiger partial charge in [0.2, 0.25) is 5.91 Å². The van der Waals surface area contributed by atoms with Crippen molar-refractivity contribution in [2.45, 2.75) is 19.3 Å². The van der Waals surface area contributed by atoms with Crippen LogP contribution >= 0.6 is 27.3 Å². The van der Waals surface area contributed by atoms with Crippen LogP contribution in [0.1, 0.15) is 19.3 Å². The van der Waals surface area contributed by atoms with Gasteiger partial charge in [0.25, 0.3) is 0 Å². The molecule has 2 fully saturated rings. The van der Waals surface area contributed by atoms with Gasteiger partial charge in [0.1, 0.15) is 0 Å². The summed E-state index contributed by atoms with van der Waals surface area (Å²) < 4.78 is 0.996. The van der Waals surface area contributed by atoms with Crippen LogP contribution in [-0.4, -0.2) is 22.0 Å². The first-order chi connectivity index (χ1) is 12.0. The minimum atomic E-state index is -0.845. The van der Waals surface area contributed by atoms with Gasteiger partial charge in [-0.3, -0.25) is 9.59 Å². The van der Waals surface area contributed by atoms with E-state index in [4.69, 9.17) is 0 Å². The number of amides is 1. The lowest BCUT2D eigenvalue weighted by Crippen LogP contribution is -2.37. The molecule has 1 aromatic heterocycles. The number of thiazole rings is 1. The number of nitrogens with one attached hydrogen (secondary N) is 1. The van der Waals surface area contributed by atoms with Crippen LogP contribution in [0.15, 0.2) is 34.1 Å².